The number of halogens is 1. The fourth-order valence-corrected chi connectivity index (χ4v) is 2.84. The second kappa shape index (κ2) is 7.55. The van der Waals surface area contributed by atoms with E-state index in [1.807, 2.05) is 0 Å². The van der Waals surface area contributed by atoms with Gasteiger partial charge in [-0.1, -0.05) is 13.0 Å². The number of rotatable bonds is 6. The first-order valence-corrected chi connectivity index (χ1v) is 7.83. The van der Waals surface area contributed by atoms with Crippen molar-refractivity contribution in [3.05, 3.63) is 29.6 Å². The third kappa shape index (κ3) is 4.53. The molecule has 21 heavy (non-hydrogen) atoms. The van der Waals surface area contributed by atoms with Crippen LogP contribution in [0.5, 0.6) is 0 Å². The van der Waals surface area contributed by atoms with Gasteiger partial charge < -0.3 is 10.2 Å². The van der Waals surface area contributed by atoms with Crippen molar-refractivity contribution in [2.75, 3.05) is 31.5 Å². The van der Waals surface area contributed by atoms with Crippen molar-refractivity contribution in [3.8, 4) is 0 Å². The zero-order valence-electron chi connectivity index (χ0n) is 13.0. The van der Waals surface area contributed by atoms with E-state index in [9.17, 15) is 9.18 Å². The first kappa shape index (κ1) is 16.0. The maximum atomic E-state index is 13.7. The van der Waals surface area contributed by atoms with Gasteiger partial charge in [0.05, 0.1) is 5.56 Å². The number of nitrogens with zero attached hydrogens (tertiary/aromatic N) is 1. The number of carbonyl (C=O) groups is 1. The summed E-state index contributed by atoms with van der Waals surface area (Å²) in [5.74, 6) is 0.169. The van der Waals surface area contributed by atoms with Crippen LogP contribution in [-0.4, -0.2) is 36.9 Å². The van der Waals surface area contributed by atoms with Gasteiger partial charge in [0.15, 0.2) is 5.78 Å². The van der Waals surface area contributed by atoms with Crippen molar-refractivity contribution < 1.29 is 9.18 Å². The Labute approximate surface area is 126 Å². The molecule has 1 heterocycles. The van der Waals surface area contributed by atoms with Crippen molar-refractivity contribution in [1.29, 1.82) is 0 Å². The molecule has 0 amide bonds. The van der Waals surface area contributed by atoms with E-state index < -0.39 is 5.82 Å². The minimum atomic E-state index is -0.447. The van der Waals surface area contributed by atoms with Crippen molar-refractivity contribution in [2.24, 2.45) is 5.92 Å². The van der Waals surface area contributed by atoms with Gasteiger partial charge in [-0.2, -0.15) is 0 Å². The summed E-state index contributed by atoms with van der Waals surface area (Å²) in [7, 11) is 0. The molecular formula is C17H25FN2O. The second-order valence-corrected chi connectivity index (χ2v) is 6.02. The fraction of sp³-hybridized carbons (Fsp3) is 0.588. The highest BCUT2D eigenvalue weighted by molar-refractivity contribution is 5.99. The molecule has 0 aliphatic carbocycles. The van der Waals surface area contributed by atoms with Crippen LogP contribution in [0.1, 0.15) is 43.5 Å². The van der Waals surface area contributed by atoms with E-state index in [2.05, 4.69) is 17.1 Å². The molecule has 1 aliphatic rings. The van der Waals surface area contributed by atoms with E-state index >= 15 is 0 Å². The molecule has 0 spiro atoms. The lowest BCUT2D eigenvalue weighted by Crippen LogP contribution is -2.34. The van der Waals surface area contributed by atoms with Gasteiger partial charge in [0.2, 0.25) is 0 Å². The number of hydrogen-bond acceptors (Lipinski definition) is 3. The van der Waals surface area contributed by atoms with Crippen molar-refractivity contribution in [2.45, 2.75) is 33.1 Å². The summed E-state index contributed by atoms with van der Waals surface area (Å²) < 4.78 is 13.7. The van der Waals surface area contributed by atoms with Crippen LogP contribution in [0.3, 0.4) is 0 Å². The quantitative estimate of drug-likeness (QED) is 0.642. The Kier molecular flexibility index (Phi) is 5.74. The molecule has 1 aliphatic heterocycles. The number of carbonyl (C=O) groups excluding carboxylic acids is 1. The Hall–Kier alpha value is -1.42. The van der Waals surface area contributed by atoms with E-state index in [1.165, 1.54) is 38.9 Å². The average molecular weight is 292 g/mol. The smallest absolute Gasteiger partial charge is 0.164 e. The van der Waals surface area contributed by atoms with Crippen molar-refractivity contribution in [3.63, 3.8) is 0 Å². The molecule has 3 nitrogen and oxygen atoms in total. The zero-order chi connectivity index (χ0) is 15.2. The lowest BCUT2D eigenvalue weighted by atomic mass is 9.99. The highest BCUT2D eigenvalue weighted by Gasteiger charge is 2.15. The van der Waals surface area contributed by atoms with Crippen LogP contribution in [0.2, 0.25) is 0 Å². The Morgan fingerprint density at radius 2 is 2.10 bits per heavy atom. The average Bonchev–Trinajstić information content (AvgIpc) is 2.45. The standard InChI is InChI=1S/C17H25FN2O/c1-13-7-11-20(12-8-13)10-4-9-19-16-6-3-5-15(18)17(16)14(2)21/h3,5-6,13,19H,4,7-12H2,1-2H3. The Morgan fingerprint density at radius 3 is 2.76 bits per heavy atom. The molecule has 0 saturated carbocycles. The highest BCUT2D eigenvalue weighted by Crippen LogP contribution is 2.20. The van der Waals surface area contributed by atoms with Crippen LogP contribution in [0.25, 0.3) is 0 Å². The zero-order valence-corrected chi connectivity index (χ0v) is 13.0. The van der Waals surface area contributed by atoms with Crippen LogP contribution in [0.4, 0.5) is 10.1 Å². The maximum Gasteiger partial charge on any atom is 0.164 e. The molecule has 1 saturated heterocycles. The van der Waals surface area contributed by atoms with Gasteiger partial charge >= 0.3 is 0 Å². The van der Waals surface area contributed by atoms with Gasteiger partial charge in [-0.3, -0.25) is 4.79 Å². The number of ketones is 1. The summed E-state index contributed by atoms with van der Waals surface area (Å²) in [5, 5.41) is 3.20. The number of hydrogen-bond donors (Lipinski definition) is 1. The van der Waals surface area contributed by atoms with Crippen LogP contribution in [0.15, 0.2) is 18.2 Å². The van der Waals surface area contributed by atoms with Crippen LogP contribution >= 0.6 is 0 Å². The lowest BCUT2D eigenvalue weighted by Gasteiger charge is -2.30. The summed E-state index contributed by atoms with van der Waals surface area (Å²) in [6.07, 6.45) is 3.57. The normalized spacial score (nSPS) is 16.9. The van der Waals surface area contributed by atoms with E-state index in [4.69, 9.17) is 0 Å². The number of piperidine rings is 1. The first-order valence-electron chi connectivity index (χ1n) is 7.83. The number of benzene rings is 1. The maximum absolute atomic E-state index is 13.7. The van der Waals surface area contributed by atoms with E-state index in [0.717, 1.165) is 25.4 Å². The number of nitrogens with one attached hydrogen (secondary N) is 1. The molecule has 116 valence electrons. The highest BCUT2D eigenvalue weighted by atomic mass is 19.1. The van der Waals surface area contributed by atoms with E-state index in [1.54, 1.807) is 12.1 Å². The Balaban J connectivity index is 1.79. The molecule has 1 fully saturated rings. The Bertz CT molecular complexity index is 482. The van der Waals surface area contributed by atoms with Gasteiger partial charge in [-0.25, -0.2) is 4.39 Å². The van der Waals surface area contributed by atoms with E-state index in [0.29, 0.717) is 5.69 Å². The van der Waals surface area contributed by atoms with Gasteiger partial charge in [0.25, 0.3) is 0 Å². The second-order valence-electron chi connectivity index (χ2n) is 6.02. The van der Waals surface area contributed by atoms with E-state index in [-0.39, 0.29) is 11.3 Å². The predicted octanol–water partition coefficient (Wildman–Crippen LogP) is 3.56. The number of Topliss-reactive ketones (excluding diaryl/α,β-unsaturated/α-hetero) is 1. The summed E-state index contributed by atoms with van der Waals surface area (Å²) in [6.45, 7) is 7.89. The number of anilines is 1. The van der Waals surface area contributed by atoms with Gasteiger partial charge in [0, 0.05) is 12.2 Å². The van der Waals surface area contributed by atoms with Gasteiger partial charge in [-0.05, 0) is 63.9 Å². The number of likely N-dealkylation sites (tertiary alicyclic amines) is 1. The molecule has 2 rings (SSSR count). The largest absolute Gasteiger partial charge is 0.384 e. The molecule has 1 aromatic carbocycles. The Morgan fingerprint density at radius 1 is 1.38 bits per heavy atom. The van der Waals surface area contributed by atoms with Crippen molar-refractivity contribution >= 4 is 11.5 Å². The molecule has 0 bridgehead atoms. The third-order valence-electron chi connectivity index (χ3n) is 4.21. The third-order valence-corrected chi connectivity index (χ3v) is 4.21. The summed E-state index contributed by atoms with van der Waals surface area (Å²) >= 11 is 0. The molecular weight excluding hydrogens is 267 g/mol. The molecule has 0 aromatic heterocycles. The first-order chi connectivity index (χ1) is 10.1. The SMILES string of the molecule is CC(=O)c1c(F)cccc1NCCCN1CCC(C)CC1. The predicted molar refractivity (Wildman–Crippen MR) is 84.3 cm³/mol. The monoisotopic (exact) mass is 292 g/mol. The van der Waals surface area contributed by atoms with Gasteiger partial charge in [-0.15, -0.1) is 0 Å². The molecule has 4 heteroatoms. The fourth-order valence-electron chi connectivity index (χ4n) is 2.84. The minimum absolute atomic E-state index is 0.171. The summed E-state index contributed by atoms with van der Waals surface area (Å²) in [4.78, 5) is 14.0. The molecule has 1 aromatic rings. The molecule has 0 unspecified atom stereocenters. The van der Waals surface area contributed by atoms with Crippen LogP contribution < -0.4 is 5.32 Å². The van der Waals surface area contributed by atoms with Gasteiger partial charge in [0.1, 0.15) is 5.82 Å². The molecule has 0 radical (unpaired) electrons. The summed E-state index contributed by atoms with van der Waals surface area (Å²) in [6, 6.07) is 4.73. The van der Waals surface area contributed by atoms with Crippen LogP contribution in [0, 0.1) is 11.7 Å². The van der Waals surface area contributed by atoms with Crippen molar-refractivity contribution in [1.82, 2.24) is 4.90 Å². The molecule has 0 atom stereocenters. The summed E-state index contributed by atoms with van der Waals surface area (Å²) in [5.41, 5.74) is 0.777. The van der Waals surface area contributed by atoms with Crippen LogP contribution in [-0.2, 0) is 0 Å². The molecule has 1 N–H and O–H groups in total. The topological polar surface area (TPSA) is 32.3 Å². The minimum Gasteiger partial charge on any atom is -0.384 e. The lowest BCUT2D eigenvalue weighted by molar-refractivity contribution is 0.101.